The lowest BCUT2D eigenvalue weighted by atomic mass is 10.1. The maximum Gasteiger partial charge on any atom is 0.140 e. The second-order valence-corrected chi connectivity index (χ2v) is 3.28. The number of rotatable bonds is 2. The fraction of sp³-hybridized carbons (Fsp3) is 0.500. The number of aryl methyl sites for hydroxylation is 1. The van der Waals surface area contributed by atoms with Crippen LogP contribution in [0.2, 0.25) is 5.15 Å². The molecule has 0 radical (unpaired) electrons. The third-order valence-electron chi connectivity index (χ3n) is 1.90. The zero-order chi connectivity index (χ0) is 11.8. The summed E-state index contributed by atoms with van der Waals surface area (Å²) in [6, 6.07) is 0. The average Bonchev–Trinajstić information content (AvgIpc) is 2.21. The highest BCUT2D eigenvalue weighted by Crippen LogP contribution is 2.23. The van der Waals surface area contributed by atoms with E-state index in [0.717, 1.165) is 23.3 Å². The first kappa shape index (κ1) is 14.1. The third kappa shape index (κ3) is 4.00. The first-order chi connectivity index (χ1) is 7.16. The molecular formula is C12H19ClN2. The second kappa shape index (κ2) is 7.41. The Labute approximate surface area is 97.4 Å². The van der Waals surface area contributed by atoms with E-state index in [9.17, 15) is 0 Å². The van der Waals surface area contributed by atoms with Gasteiger partial charge < -0.3 is 0 Å². The minimum atomic E-state index is 0.537. The van der Waals surface area contributed by atoms with Gasteiger partial charge in [-0.15, -0.1) is 0 Å². The molecule has 15 heavy (non-hydrogen) atoms. The summed E-state index contributed by atoms with van der Waals surface area (Å²) in [7, 11) is 0. The van der Waals surface area contributed by atoms with Gasteiger partial charge in [-0.05, 0) is 25.8 Å². The molecule has 0 aromatic carbocycles. The highest BCUT2D eigenvalue weighted by atomic mass is 35.5. The molecule has 2 nitrogen and oxygen atoms in total. The molecule has 0 spiro atoms. The zero-order valence-electron chi connectivity index (χ0n) is 10.1. The molecule has 84 valence electrons. The minimum Gasteiger partial charge on any atom is -0.241 e. The van der Waals surface area contributed by atoms with Crippen molar-refractivity contribution in [2.45, 2.75) is 41.0 Å². The Hall–Kier alpha value is -0.890. The van der Waals surface area contributed by atoms with Crippen LogP contribution in [0, 0.1) is 6.92 Å². The van der Waals surface area contributed by atoms with Crippen LogP contribution >= 0.6 is 11.6 Å². The van der Waals surface area contributed by atoms with E-state index in [4.69, 9.17) is 11.6 Å². The fourth-order valence-electron chi connectivity index (χ4n) is 1.30. The van der Waals surface area contributed by atoms with Gasteiger partial charge in [-0.1, -0.05) is 38.4 Å². The molecule has 0 atom stereocenters. The standard InChI is InChI=1S/C10H13ClN2.C2H6/c1-4-5-7(2)9-8(3)12-6-13-10(9)11;1-2/h5-6H,4H2,1-3H3;1-2H3/b7-5-;. The van der Waals surface area contributed by atoms with Gasteiger partial charge in [-0.25, -0.2) is 9.97 Å². The molecule has 0 saturated carbocycles. The van der Waals surface area contributed by atoms with Crippen LogP contribution in [0.4, 0.5) is 0 Å². The number of nitrogens with zero attached hydrogens (tertiary/aromatic N) is 2. The summed E-state index contributed by atoms with van der Waals surface area (Å²) in [5, 5.41) is 0.537. The van der Waals surface area contributed by atoms with Crippen molar-refractivity contribution in [2.24, 2.45) is 0 Å². The maximum absolute atomic E-state index is 5.97. The average molecular weight is 227 g/mol. The summed E-state index contributed by atoms with van der Waals surface area (Å²) in [4.78, 5) is 8.06. The predicted molar refractivity (Wildman–Crippen MR) is 67.1 cm³/mol. The van der Waals surface area contributed by atoms with Crippen LogP contribution in [0.1, 0.15) is 45.4 Å². The highest BCUT2D eigenvalue weighted by molar-refractivity contribution is 6.31. The molecule has 1 heterocycles. The number of allylic oxidation sites excluding steroid dienone is 2. The molecule has 0 unspecified atom stereocenters. The minimum absolute atomic E-state index is 0.537. The number of hydrogen-bond donors (Lipinski definition) is 0. The van der Waals surface area contributed by atoms with Crippen LogP contribution in [0.25, 0.3) is 5.57 Å². The summed E-state index contributed by atoms with van der Waals surface area (Å²) in [6.45, 7) is 10.1. The fourth-order valence-corrected chi connectivity index (χ4v) is 1.63. The Kier molecular flexibility index (Phi) is 6.97. The van der Waals surface area contributed by atoms with Crippen molar-refractivity contribution in [1.29, 1.82) is 0 Å². The van der Waals surface area contributed by atoms with E-state index in [1.807, 2.05) is 27.7 Å². The molecule has 3 heteroatoms. The second-order valence-electron chi connectivity index (χ2n) is 2.92. The number of halogens is 1. The lowest BCUT2D eigenvalue weighted by Crippen LogP contribution is -1.93. The van der Waals surface area contributed by atoms with E-state index in [-0.39, 0.29) is 0 Å². The summed E-state index contributed by atoms with van der Waals surface area (Å²) in [6.07, 6.45) is 4.61. The lowest BCUT2D eigenvalue weighted by molar-refractivity contribution is 1.08. The summed E-state index contributed by atoms with van der Waals surface area (Å²) >= 11 is 5.97. The van der Waals surface area contributed by atoms with Crippen molar-refractivity contribution >= 4 is 17.2 Å². The van der Waals surface area contributed by atoms with Crippen molar-refractivity contribution < 1.29 is 0 Å². The highest BCUT2D eigenvalue weighted by Gasteiger charge is 2.06. The van der Waals surface area contributed by atoms with Gasteiger partial charge >= 0.3 is 0 Å². The van der Waals surface area contributed by atoms with E-state index in [0.29, 0.717) is 5.15 Å². The summed E-state index contributed by atoms with van der Waals surface area (Å²) < 4.78 is 0. The summed E-state index contributed by atoms with van der Waals surface area (Å²) in [5.74, 6) is 0. The zero-order valence-corrected chi connectivity index (χ0v) is 10.9. The third-order valence-corrected chi connectivity index (χ3v) is 2.18. The van der Waals surface area contributed by atoms with Crippen LogP contribution in [-0.4, -0.2) is 9.97 Å². The van der Waals surface area contributed by atoms with Gasteiger partial charge in [0, 0.05) is 11.3 Å². The molecule has 0 bridgehead atoms. The quantitative estimate of drug-likeness (QED) is 0.704. The van der Waals surface area contributed by atoms with Gasteiger partial charge in [0.25, 0.3) is 0 Å². The van der Waals surface area contributed by atoms with Crippen molar-refractivity contribution in [2.75, 3.05) is 0 Å². The van der Waals surface area contributed by atoms with Crippen molar-refractivity contribution in [1.82, 2.24) is 9.97 Å². The molecule has 0 N–H and O–H groups in total. The van der Waals surface area contributed by atoms with Crippen molar-refractivity contribution in [3.63, 3.8) is 0 Å². The lowest BCUT2D eigenvalue weighted by Gasteiger charge is -2.05. The SMILES string of the molecule is CC.CC/C=C(/C)c1c(C)ncnc1Cl. The smallest absolute Gasteiger partial charge is 0.140 e. The Bertz CT molecular complexity index is 312. The first-order valence-corrected chi connectivity index (χ1v) is 5.68. The summed E-state index contributed by atoms with van der Waals surface area (Å²) in [5.41, 5.74) is 3.04. The molecule has 1 aromatic heterocycles. The normalized spacial score (nSPS) is 10.7. The maximum atomic E-state index is 5.97. The van der Waals surface area contributed by atoms with Gasteiger partial charge in [0.05, 0.1) is 0 Å². The van der Waals surface area contributed by atoms with E-state index in [1.54, 1.807) is 0 Å². The van der Waals surface area contributed by atoms with Crippen molar-refractivity contribution in [3.05, 3.63) is 28.8 Å². The number of aromatic nitrogens is 2. The van der Waals surface area contributed by atoms with E-state index < -0.39 is 0 Å². The molecule has 0 aliphatic carbocycles. The Morgan fingerprint density at radius 3 is 2.47 bits per heavy atom. The molecule has 0 amide bonds. The van der Waals surface area contributed by atoms with Crippen molar-refractivity contribution in [3.8, 4) is 0 Å². The van der Waals surface area contributed by atoms with Crippen LogP contribution in [0.5, 0.6) is 0 Å². The van der Waals surface area contributed by atoms with E-state index in [2.05, 4.69) is 23.0 Å². The van der Waals surface area contributed by atoms with Gasteiger partial charge in [0.1, 0.15) is 11.5 Å². The molecule has 0 aliphatic rings. The molecule has 0 saturated heterocycles. The Balaban J connectivity index is 0.000000921. The molecule has 0 aliphatic heterocycles. The van der Waals surface area contributed by atoms with E-state index in [1.165, 1.54) is 6.33 Å². The van der Waals surface area contributed by atoms with Gasteiger partial charge in [0.15, 0.2) is 0 Å². The van der Waals surface area contributed by atoms with Crippen LogP contribution in [0.15, 0.2) is 12.4 Å². The van der Waals surface area contributed by atoms with Crippen LogP contribution < -0.4 is 0 Å². The van der Waals surface area contributed by atoms with Gasteiger partial charge in [0.2, 0.25) is 0 Å². The molecule has 1 rings (SSSR count). The van der Waals surface area contributed by atoms with Crippen LogP contribution in [-0.2, 0) is 0 Å². The Morgan fingerprint density at radius 2 is 2.00 bits per heavy atom. The molecular weight excluding hydrogens is 208 g/mol. The van der Waals surface area contributed by atoms with Gasteiger partial charge in [-0.3, -0.25) is 0 Å². The molecule has 1 aromatic rings. The Morgan fingerprint density at radius 1 is 1.40 bits per heavy atom. The topological polar surface area (TPSA) is 25.8 Å². The first-order valence-electron chi connectivity index (χ1n) is 5.31. The molecule has 0 fully saturated rings. The van der Waals surface area contributed by atoms with E-state index >= 15 is 0 Å². The largest absolute Gasteiger partial charge is 0.241 e. The predicted octanol–water partition coefficient (Wildman–Crippen LogP) is 4.28. The van der Waals surface area contributed by atoms with Crippen LogP contribution in [0.3, 0.4) is 0 Å². The monoisotopic (exact) mass is 226 g/mol. The number of hydrogen-bond acceptors (Lipinski definition) is 2. The van der Waals surface area contributed by atoms with Gasteiger partial charge in [-0.2, -0.15) is 0 Å².